The number of benzene rings is 1. The van der Waals surface area contributed by atoms with Crippen molar-refractivity contribution in [3.63, 3.8) is 0 Å². The average molecular weight is 453 g/mol. The molecule has 6 nitrogen and oxygen atoms in total. The molecule has 9 heteroatoms. The molecule has 26 heavy (non-hydrogen) atoms. The Bertz CT molecular complexity index is 925. The Morgan fingerprint density at radius 2 is 2.08 bits per heavy atom. The number of hydrogen-bond acceptors (Lipinski definition) is 7. The van der Waals surface area contributed by atoms with Gasteiger partial charge in [-0.15, -0.1) is 21.5 Å². The van der Waals surface area contributed by atoms with Crippen molar-refractivity contribution in [1.82, 2.24) is 20.1 Å². The van der Waals surface area contributed by atoms with E-state index in [-0.39, 0.29) is 11.7 Å². The van der Waals surface area contributed by atoms with E-state index in [1.165, 1.54) is 23.1 Å². The maximum Gasteiger partial charge on any atom is 0.277 e. The molecule has 0 N–H and O–H groups in total. The van der Waals surface area contributed by atoms with Crippen molar-refractivity contribution in [2.75, 3.05) is 12.8 Å². The van der Waals surface area contributed by atoms with Gasteiger partial charge in [0.25, 0.3) is 11.1 Å². The number of hydrogen-bond donors (Lipinski definition) is 0. The zero-order valence-electron chi connectivity index (χ0n) is 14.5. The summed E-state index contributed by atoms with van der Waals surface area (Å²) < 4.78 is 6.65. The van der Waals surface area contributed by atoms with Crippen molar-refractivity contribution in [3.8, 4) is 10.8 Å². The number of halogens is 1. The van der Waals surface area contributed by atoms with Gasteiger partial charge in [-0.2, -0.15) is 0 Å². The molecule has 0 aliphatic carbocycles. The van der Waals surface area contributed by atoms with E-state index in [4.69, 9.17) is 4.42 Å². The normalized spacial score (nSPS) is 10.9. The smallest absolute Gasteiger partial charge is 0.277 e. The molecule has 0 atom stereocenters. The van der Waals surface area contributed by atoms with Gasteiger partial charge in [0.1, 0.15) is 4.88 Å². The van der Waals surface area contributed by atoms with E-state index in [1.807, 2.05) is 38.1 Å². The first-order chi connectivity index (χ1) is 12.4. The molecule has 0 aliphatic rings. The second-order valence-corrected chi connectivity index (χ2v) is 8.63. The maximum atomic E-state index is 12.4. The highest BCUT2D eigenvalue weighted by Gasteiger charge is 2.17. The summed E-state index contributed by atoms with van der Waals surface area (Å²) in [7, 11) is 1.78. The number of amides is 1. The third-order valence-corrected chi connectivity index (χ3v) is 6.25. The third-order valence-electron chi connectivity index (χ3n) is 3.61. The molecule has 0 unspecified atom stereocenters. The number of thioether (sulfide) groups is 1. The lowest BCUT2D eigenvalue weighted by atomic mass is 10.2. The SMILES string of the molecule is Cc1nc(C)c(-c2nnc(SCC(=O)N(C)Cc3ccccc3Br)o2)s1. The van der Waals surface area contributed by atoms with Gasteiger partial charge in [0.05, 0.1) is 16.5 Å². The fourth-order valence-corrected chi connectivity index (χ4v) is 4.25. The number of nitrogens with zero attached hydrogens (tertiary/aromatic N) is 4. The maximum absolute atomic E-state index is 12.4. The zero-order valence-corrected chi connectivity index (χ0v) is 17.7. The van der Waals surface area contributed by atoms with Crippen molar-refractivity contribution in [1.29, 1.82) is 0 Å². The van der Waals surface area contributed by atoms with Crippen LogP contribution in [0.5, 0.6) is 0 Å². The lowest BCUT2D eigenvalue weighted by Gasteiger charge is -2.17. The Labute approximate surface area is 168 Å². The van der Waals surface area contributed by atoms with E-state index in [9.17, 15) is 4.79 Å². The first kappa shape index (κ1) is 19.1. The molecular formula is C17H17BrN4O2S2. The van der Waals surface area contributed by atoms with Crippen LogP contribution in [-0.2, 0) is 11.3 Å². The predicted molar refractivity (Wildman–Crippen MR) is 106 cm³/mol. The molecule has 0 bridgehead atoms. The number of rotatable bonds is 6. The van der Waals surface area contributed by atoms with Gasteiger partial charge < -0.3 is 9.32 Å². The van der Waals surface area contributed by atoms with Gasteiger partial charge in [0.2, 0.25) is 5.91 Å². The molecule has 1 aromatic carbocycles. The molecular weight excluding hydrogens is 436 g/mol. The van der Waals surface area contributed by atoms with Crippen LogP contribution >= 0.6 is 39.0 Å². The highest BCUT2D eigenvalue weighted by atomic mass is 79.9. The van der Waals surface area contributed by atoms with Crippen molar-refractivity contribution in [2.45, 2.75) is 25.6 Å². The summed E-state index contributed by atoms with van der Waals surface area (Å²) >= 11 is 6.26. The predicted octanol–water partition coefficient (Wildman–Crippen LogP) is 4.32. The minimum Gasteiger partial charge on any atom is -0.410 e. The van der Waals surface area contributed by atoms with Crippen LogP contribution in [0.4, 0.5) is 0 Å². The van der Waals surface area contributed by atoms with Crippen molar-refractivity contribution in [3.05, 3.63) is 45.0 Å². The molecule has 0 aliphatic heterocycles. The van der Waals surface area contributed by atoms with Crippen molar-refractivity contribution < 1.29 is 9.21 Å². The molecule has 0 radical (unpaired) electrons. The van der Waals surface area contributed by atoms with Crippen LogP contribution < -0.4 is 0 Å². The van der Waals surface area contributed by atoms with Gasteiger partial charge in [-0.25, -0.2) is 4.98 Å². The summed E-state index contributed by atoms with van der Waals surface area (Å²) in [6.45, 7) is 4.39. The molecule has 2 aromatic heterocycles. The fourth-order valence-electron chi connectivity index (χ4n) is 2.29. The largest absolute Gasteiger partial charge is 0.410 e. The first-order valence-corrected chi connectivity index (χ1v) is 10.4. The Morgan fingerprint density at radius 1 is 1.31 bits per heavy atom. The lowest BCUT2D eigenvalue weighted by Crippen LogP contribution is -2.27. The second kappa shape index (κ2) is 8.32. The summed E-state index contributed by atoms with van der Waals surface area (Å²) in [5.41, 5.74) is 1.93. The molecule has 0 saturated carbocycles. The number of carbonyl (C=O) groups excluding carboxylic acids is 1. The Balaban J connectivity index is 1.58. The van der Waals surface area contributed by atoms with E-state index in [2.05, 4.69) is 31.1 Å². The Morgan fingerprint density at radius 3 is 2.77 bits per heavy atom. The van der Waals surface area contributed by atoms with Crippen LogP contribution in [-0.4, -0.2) is 38.8 Å². The molecule has 0 spiro atoms. The number of carbonyl (C=O) groups is 1. The molecule has 0 saturated heterocycles. The van der Waals surface area contributed by atoms with E-state index in [0.717, 1.165) is 25.6 Å². The van der Waals surface area contributed by atoms with Gasteiger partial charge >= 0.3 is 0 Å². The highest BCUT2D eigenvalue weighted by molar-refractivity contribution is 9.10. The monoisotopic (exact) mass is 452 g/mol. The number of aromatic nitrogens is 3. The summed E-state index contributed by atoms with van der Waals surface area (Å²) in [5, 5.41) is 9.42. The van der Waals surface area contributed by atoms with Crippen LogP contribution in [0.2, 0.25) is 0 Å². The summed E-state index contributed by atoms with van der Waals surface area (Å²) in [5.74, 6) is 0.684. The molecule has 1 amide bonds. The summed E-state index contributed by atoms with van der Waals surface area (Å²) in [6, 6.07) is 7.86. The van der Waals surface area contributed by atoms with Gasteiger partial charge in [0, 0.05) is 18.1 Å². The summed E-state index contributed by atoms with van der Waals surface area (Å²) in [6.07, 6.45) is 0. The van der Waals surface area contributed by atoms with Gasteiger partial charge in [-0.05, 0) is 25.5 Å². The highest BCUT2D eigenvalue weighted by Crippen LogP contribution is 2.30. The van der Waals surface area contributed by atoms with Crippen molar-refractivity contribution >= 4 is 44.9 Å². The minimum absolute atomic E-state index is 0.00433. The van der Waals surface area contributed by atoms with Crippen LogP contribution in [0.15, 0.2) is 38.4 Å². The standard InChI is InChI=1S/C17H17BrN4O2S2/c1-10-15(26-11(2)19-10)16-20-21-17(24-16)25-9-14(23)22(3)8-12-6-4-5-7-13(12)18/h4-7H,8-9H2,1-3H3. The summed E-state index contributed by atoms with van der Waals surface area (Å²) in [4.78, 5) is 19.3. The molecule has 136 valence electrons. The lowest BCUT2D eigenvalue weighted by molar-refractivity contribution is -0.127. The first-order valence-electron chi connectivity index (χ1n) is 7.82. The van der Waals surface area contributed by atoms with Crippen molar-refractivity contribution in [2.24, 2.45) is 0 Å². The quantitative estimate of drug-likeness (QED) is 0.518. The van der Waals surface area contributed by atoms with Gasteiger partial charge in [-0.1, -0.05) is 45.9 Å². The van der Waals surface area contributed by atoms with E-state index < -0.39 is 0 Å². The van der Waals surface area contributed by atoms with Crippen LogP contribution in [0.25, 0.3) is 10.8 Å². The molecule has 0 fully saturated rings. The fraction of sp³-hybridized carbons (Fsp3) is 0.294. The Kier molecular flexibility index (Phi) is 6.10. The molecule has 3 aromatic rings. The van der Waals surface area contributed by atoms with E-state index in [1.54, 1.807) is 11.9 Å². The number of aryl methyl sites for hydroxylation is 2. The Hall–Kier alpha value is -1.71. The second-order valence-electron chi connectivity index (χ2n) is 5.65. The van der Waals surface area contributed by atoms with E-state index >= 15 is 0 Å². The van der Waals surface area contributed by atoms with Crippen LogP contribution in [0.1, 0.15) is 16.3 Å². The van der Waals surface area contributed by atoms with E-state index in [0.29, 0.717) is 17.7 Å². The van der Waals surface area contributed by atoms with Crippen LogP contribution in [0.3, 0.4) is 0 Å². The number of thiazole rings is 1. The van der Waals surface area contributed by atoms with Gasteiger partial charge in [0.15, 0.2) is 0 Å². The van der Waals surface area contributed by atoms with Gasteiger partial charge in [-0.3, -0.25) is 4.79 Å². The molecule has 3 rings (SSSR count). The minimum atomic E-state index is -0.00433. The van der Waals surface area contributed by atoms with Crippen LogP contribution in [0, 0.1) is 13.8 Å². The third kappa shape index (κ3) is 4.52. The zero-order chi connectivity index (χ0) is 18.7. The topological polar surface area (TPSA) is 72.1 Å². The average Bonchev–Trinajstić information content (AvgIpc) is 3.20. The molecule has 2 heterocycles.